The van der Waals surface area contributed by atoms with Gasteiger partial charge in [0.25, 0.3) is 0 Å². The standard InChI is InChI=1S/C21H27NO4/c1-17-5-7-19(8-6-17)26-16-21(24)9-10-22(15-21)14-18-3-2-4-20(13-18)25-12-11-23/h2-8,13,23-24H,9-12,14-16H2,1H3/t21-/m1/s1. The highest BCUT2D eigenvalue weighted by atomic mass is 16.5. The average Bonchev–Trinajstić information content (AvgIpc) is 3.01. The molecule has 0 saturated carbocycles. The van der Waals surface area contributed by atoms with Gasteiger partial charge in [0.1, 0.15) is 30.3 Å². The van der Waals surface area contributed by atoms with E-state index in [1.165, 1.54) is 5.56 Å². The van der Waals surface area contributed by atoms with Crippen LogP contribution in [0.4, 0.5) is 0 Å². The summed E-state index contributed by atoms with van der Waals surface area (Å²) < 4.78 is 11.2. The molecule has 1 fully saturated rings. The number of rotatable bonds is 8. The molecule has 0 aliphatic carbocycles. The van der Waals surface area contributed by atoms with Crippen molar-refractivity contribution in [1.29, 1.82) is 0 Å². The van der Waals surface area contributed by atoms with E-state index in [9.17, 15) is 5.11 Å². The molecule has 0 unspecified atom stereocenters. The first-order valence-electron chi connectivity index (χ1n) is 9.03. The number of hydrogen-bond acceptors (Lipinski definition) is 5. The minimum Gasteiger partial charge on any atom is -0.491 e. The Hall–Kier alpha value is -2.08. The fraction of sp³-hybridized carbons (Fsp3) is 0.429. The molecular weight excluding hydrogens is 330 g/mol. The Balaban J connectivity index is 1.52. The molecule has 3 rings (SSSR count). The van der Waals surface area contributed by atoms with Gasteiger partial charge in [0.05, 0.1) is 6.61 Å². The molecule has 0 radical (unpaired) electrons. The lowest BCUT2D eigenvalue weighted by molar-refractivity contribution is 0.00338. The van der Waals surface area contributed by atoms with Crippen molar-refractivity contribution in [2.45, 2.75) is 25.5 Å². The second-order valence-electron chi connectivity index (χ2n) is 7.01. The van der Waals surface area contributed by atoms with Crippen molar-refractivity contribution in [3.63, 3.8) is 0 Å². The van der Waals surface area contributed by atoms with Crippen molar-refractivity contribution in [1.82, 2.24) is 4.90 Å². The third-order valence-corrected chi connectivity index (χ3v) is 4.60. The van der Waals surface area contributed by atoms with Crippen molar-refractivity contribution in [3.8, 4) is 11.5 Å². The maximum atomic E-state index is 10.8. The second kappa shape index (κ2) is 8.54. The van der Waals surface area contributed by atoms with Crippen LogP contribution in [0.1, 0.15) is 17.5 Å². The Morgan fingerprint density at radius 3 is 2.65 bits per heavy atom. The number of benzene rings is 2. The SMILES string of the molecule is Cc1ccc(OC[C@@]2(O)CCN(Cc3cccc(OCCO)c3)C2)cc1. The number of aliphatic hydroxyl groups excluding tert-OH is 1. The summed E-state index contributed by atoms with van der Waals surface area (Å²) in [6.45, 7) is 4.80. The largest absolute Gasteiger partial charge is 0.491 e. The van der Waals surface area contributed by atoms with Gasteiger partial charge in [0, 0.05) is 19.6 Å². The lowest BCUT2D eigenvalue weighted by Crippen LogP contribution is -2.39. The number of aryl methyl sites for hydroxylation is 1. The average molecular weight is 357 g/mol. The smallest absolute Gasteiger partial charge is 0.119 e. The zero-order valence-electron chi connectivity index (χ0n) is 15.2. The van der Waals surface area contributed by atoms with Crippen LogP contribution >= 0.6 is 0 Å². The summed E-state index contributed by atoms with van der Waals surface area (Å²) in [5, 5.41) is 19.7. The van der Waals surface area contributed by atoms with Crippen LogP contribution in [0.15, 0.2) is 48.5 Å². The lowest BCUT2D eigenvalue weighted by atomic mass is 10.1. The van der Waals surface area contributed by atoms with Crippen molar-refractivity contribution < 1.29 is 19.7 Å². The first kappa shape index (κ1) is 18.7. The maximum Gasteiger partial charge on any atom is 0.119 e. The lowest BCUT2D eigenvalue weighted by Gasteiger charge is -2.24. The first-order chi connectivity index (χ1) is 12.6. The van der Waals surface area contributed by atoms with Gasteiger partial charge in [-0.1, -0.05) is 29.8 Å². The van der Waals surface area contributed by atoms with E-state index in [-0.39, 0.29) is 6.61 Å². The molecule has 2 aromatic carbocycles. The number of nitrogens with zero attached hydrogens (tertiary/aromatic N) is 1. The Morgan fingerprint density at radius 2 is 1.88 bits per heavy atom. The summed E-state index contributed by atoms with van der Waals surface area (Å²) in [5.74, 6) is 1.55. The van der Waals surface area contributed by atoms with Crippen LogP contribution in [0.5, 0.6) is 11.5 Å². The van der Waals surface area contributed by atoms with Gasteiger partial charge in [0.15, 0.2) is 0 Å². The van der Waals surface area contributed by atoms with Gasteiger partial charge in [-0.05, 0) is 43.2 Å². The molecule has 5 heteroatoms. The van der Waals surface area contributed by atoms with Gasteiger partial charge < -0.3 is 19.7 Å². The van der Waals surface area contributed by atoms with Crippen molar-refractivity contribution >= 4 is 0 Å². The van der Waals surface area contributed by atoms with E-state index >= 15 is 0 Å². The molecular formula is C21H27NO4. The van der Waals surface area contributed by atoms with Gasteiger partial charge in [0.2, 0.25) is 0 Å². The minimum atomic E-state index is -0.824. The Morgan fingerprint density at radius 1 is 1.08 bits per heavy atom. The fourth-order valence-electron chi connectivity index (χ4n) is 3.20. The van der Waals surface area contributed by atoms with E-state index in [2.05, 4.69) is 4.90 Å². The quantitative estimate of drug-likeness (QED) is 0.760. The molecule has 1 atom stereocenters. The first-order valence-corrected chi connectivity index (χ1v) is 9.03. The highest BCUT2D eigenvalue weighted by Crippen LogP contribution is 2.25. The monoisotopic (exact) mass is 357 g/mol. The van der Waals surface area contributed by atoms with Gasteiger partial charge in [-0.2, -0.15) is 0 Å². The van der Waals surface area contributed by atoms with E-state index < -0.39 is 5.60 Å². The molecule has 0 amide bonds. The van der Waals surface area contributed by atoms with Crippen LogP contribution in [0.3, 0.4) is 0 Å². The van der Waals surface area contributed by atoms with Gasteiger partial charge in [-0.3, -0.25) is 4.90 Å². The van der Waals surface area contributed by atoms with Crippen LogP contribution in [0, 0.1) is 6.92 Å². The number of ether oxygens (including phenoxy) is 2. The van der Waals surface area contributed by atoms with Crippen LogP contribution in [-0.4, -0.2) is 53.6 Å². The van der Waals surface area contributed by atoms with E-state index in [1.807, 2.05) is 55.5 Å². The number of β-amino-alcohol motifs (C(OH)–C–C–N with tert-alkyl or cyclic N) is 1. The highest BCUT2D eigenvalue weighted by Gasteiger charge is 2.36. The molecule has 1 aliphatic heterocycles. The summed E-state index contributed by atoms with van der Waals surface area (Å²) in [6.07, 6.45) is 0.694. The molecule has 0 bridgehead atoms. The zero-order valence-corrected chi connectivity index (χ0v) is 15.2. The highest BCUT2D eigenvalue weighted by molar-refractivity contribution is 5.29. The topological polar surface area (TPSA) is 62.2 Å². The predicted octanol–water partition coefficient (Wildman–Crippen LogP) is 2.38. The molecule has 0 aromatic heterocycles. The number of hydrogen-bond donors (Lipinski definition) is 2. The van der Waals surface area contributed by atoms with Crippen LogP contribution in [-0.2, 0) is 6.54 Å². The summed E-state index contributed by atoms with van der Waals surface area (Å²) in [5.41, 5.74) is 1.49. The van der Waals surface area contributed by atoms with E-state index in [0.717, 1.165) is 30.2 Å². The minimum absolute atomic E-state index is 0.00433. The van der Waals surface area contributed by atoms with Crippen molar-refractivity contribution in [2.75, 3.05) is 32.9 Å². The summed E-state index contributed by atoms with van der Waals surface area (Å²) in [4.78, 5) is 2.23. The van der Waals surface area contributed by atoms with Crippen LogP contribution in [0.25, 0.3) is 0 Å². The van der Waals surface area contributed by atoms with Gasteiger partial charge >= 0.3 is 0 Å². The molecule has 2 N–H and O–H groups in total. The zero-order chi connectivity index (χ0) is 18.4. The third kappa shape index (κ3) is 5.21. The van der Waals surface area contributed by atoms with Crippen molar-refractivity contribution in [2.24, 2.45) is 0 Å². The predicted molar refractivity (Wildman–Crippen MR) is 101 cm³/mol. The molecule has 1 heterocycles. The Labute approximate surface area is 154 Å². The maximum absolute atomic E-state index is 10.8. The second-order valence-corrected chi connectivity index (χ2v) is 7.01. The normalized spacial score (nSPS) is 20.3. The van der Waals surface area contributed by atoms with Crippen LogP contribution in [0.2, 0.25) is 0 Å². The number of aliphatic hydroxyl groups is 2. The number of likely N-dealkylation sites (tertiary alicyclic amines) is 1. The molecule has 26 heavy (non-hydrogen) atoms. The molecule has 140 valence electrons. The van der Waals surface area contributed by atoms with E-state index in [0.29, 0.717) is 26.2 Å². The van der Waals surface area contributed by atoms with Crippen LogP contribution < -0.4 is 9.47 Å². The summed E-state index contributed by atoms with van der Waals surface area (Å²) in [7, 11) is 0. The Bertz CT molecular complexity index is 703. The fourth-order valence-corrected chi connectivity index (χ4v) is 3.20. The summed E-state index contributed by atoms with van der Waals surface area (Å²) >= 11 is 0. The van der Waals surface area contributed by atoms with E-state index in [1.54, 1.807) is 0 Å². The molecule has 1 aliphatic rings. The van der Waals surface area contributed by atoms with Gasteiger partial charge in [-0.15, -0.1) is 0 Å². The molecule has 2 aromatic rings. The van der Waals surface area contributed by atoms with E-state index in [4.69, 9.17) is 14.6 Å². The molecule has 0 spiro atoms. The Kier molecular flexibility index (Phi) is 6.14. The van der Waals surface area contributed by atoms with Crippen molar-refractivity contribution in [3.05, 3.63) is 59.7 Å². The van der Waals surface area contributed by atoms with Gasteiger partial charge in [-0.25, -0.2) is 0 Å². The molecule has 1 saturated heterocycles. The summed E-state index contributed by atoms with van der Waals surface area (Å²) in [6, 6.07) is 15.7. The molecule has 5 nitrogen and oxygen atoms in total. The third-order valence-electron chi connectivity index (χ3n) is 4.60.